The average Bonchev–Trinajstić information content (AvgIpc) is 2.11. The number of hydrogen-bond acceptors (Lipinski definition) is 2. The molecule has 0 bridgehead atoms. The molecule has 1 aromatic carbocycles. The number of halogens is 2. The predicted octanol–water partition coefficient (Wildman–Crippen LogP) is 2.67. The second-order valence-electron chi connectivity index (χ2n) is 4.09. The van der Waals surface area contributed by atoms with Crippen LogP contribution in [0.25, 0.3) is 0 Å². The molecule has 1 atom stereocenters. The highest BCUT2D eigenvalue weighted by atomic mass is 35.5. The molecule has 0 heterocycles. The van der Waals surface area contributed by atoms with Crippen LogP contribution in [0.2, 0.25) is 10.0 Å². The van der Waals surface area contributed by atoms with Crippen molar-refractivity contribution >= 4 is 23.2 Å². The topological polar surface area (TPSA) is 40.5 Å². The molecule has 0 saturated carbocycles. The van der Waals surface area contributed by atoms with Gasteiger partial charge in [0, 0.05) is 6.42 Å². The van der Waals surface area contributed by atoms with Gasteiger partial charge >= 0.3 is 0 Å². The van der Waals surface area contributed by atoms with Crippen molar-refractivity contribution in [1.82, 2.24) is 0 Å². The SMILES string of the molecule is CC(C)(O)C(O)Cc1cccc(Cl)c1Cl. The van der Waals surface area contributed by atoms with Crippen molar-refractivity contribution in [1.29, 1.82) is 0 Å². The van der Waals surface area contributed by atoms with Crippen molar-refractivity contribution in [2.75, 3.05) is 0 Å². The molecule has 0 aromatic heterocycles. The predicted molar refractivity (Wildman–Crippen MR) is 62.5 cm³/mol. The number of hydrogen-bond donors (Lipinski definition) is 2. The molecule has 0 spiro atoms. The fourth-order valence-electron chi connectivity index (χ4n) is 1.16. The van der Waals surface area contributed by atoms with Crippen LogP contribution in [0.1, 0.15) is 19.4 Å². The summed E-state index contributed by atoms with van der Waals surface area (Å²) < 4.78 is 0. The van der Waals surface area contributed by atoms with Crippen LogP contribution in [-0.4, -0.2) is 21.9 Å². The first-order chi connectivity index (χ1) is 6.82. The van der Waals surface area contributed by atoms with Gasteiger partial charge in [-0.05, 0) is 25.5 Å². The number of benzene rings is 1. The Kier molecular flexibility index (Phi) is 4.01. The molecule has 2 N–H and O–H groups in total. The third-order valence-corrected chi connectivity index (χ3v) is 3.12. The Morgan fingerprint density at radius 2 is 1.93 bits per heavy atom. The maximum Gasteiger partial charge on any atom is 0.0862 e. The van der Waals surface area contributed by atoms with Gasteiger partial charge in [0.25, 0.3) is 0 Å². The normalized spacial score (nSPS) is 14.0. The summed E-state index contributed by atoms with van der Waals surface area (Å²) in [5.41, 5.74) is -0.412. The number of aliphatic hydroxyl groups excluding tert-OH is 1. The number of rotatable bonds is 3. The quantitative estimate of drug-likeness (QED) is 0.864. The molecule has 0 aliphatic rings. The van der Waals surface area contributed by atoms with E-state index in [9.17, 15) is 10.2 Å². The average molecular weight is 249 g/mol. The van der Waals surface area contributed by atoms with Crippen LogP contribution in [-0.2, 0) is 6.42 Å². The van der Waals surface area contributed by atoms with Gasteiger partial charge in [-0.25, -0.2) is 0 Å². The summed E-state index contributed by atoms with van der Waals surface area (Å²) in [5, 5.41) is 20.2. The highest BCUT2D eigenvalue weighted by molar-refractivity contribution is 6.42. The second kappa shape index (κ2) is 4.71. The Hall–Kier alpha value is -0.280. The van der Waals surface area contributed by atoms with Gasteiger partial charge in [-0.15, -0.1) is 0 Å². The van der Waals surface area contributed by atoms with Crippen molar-refractivity contribution in [2.45, 2.75) is 32.0 Å². The summed E-state index contributed by atoms with van der Waals surface area (Å²) >= 11 is 11.8. The van der Waals surface area contributed by atoms with E-state index in [-0.39, 0.29) is 6.42 Å². The van der Waals surface area contributed by atoms with Crippen LogP contribution >= 0.6 is 23.2 Å². The lowest BCUT2D eigenvalue weighted by atomic mass is 9.95. The monoisotopic (exact) mass is 248 g/mol. The molecule has 0 radical (unpaired) electrons. The molecule has 0 saturated heterocycles. The van der Waals surface area contributed by atoms with Gasteiger partial charge in [-0.2, -0.15) is 0 Å². The van der Waals surface area contributed by atoms with E-state index >= 15 is 0 Å². The molecule has 1 rings (SSSR count). The summed E-state index contributed by atoms with van der Waals surface area (Å²) in [6, 6.07) is 5.23. The molecule has 0 aliphatic heterocycles. The molecule has 0 amide bonds. The zero-order chi connectivity index (χ0) is 11.6. The summed E-state index contributed by atoms with van der Waals surface area (Å²) in [5.74, 6) is 0. The van der Waals surface area contributed by atoms with Gasteiger partial charge in [0.2, 0.25) is 0 Å². The smallest absolute Gasteiger partial charge is 0.0862 e. The lowest BCUT2D eigenvalue weighted by Gasteiger charge is -2.24. The van der Waals surface area contributed by atoms with Gasteiger partial charge in [-0.3, -0.25) is 0 Å². The lowest BCUT2D eigenvalue weighted by molar-refractivity contribution is -0.0469. The summed E-state index contributed by atoms with van der Waals surface area (Å²) in [4.78, 5) is 0. The summed E-state index contributed by atoms with van der Waals surface area (Å²) in [6.45, 7) is 3.10. The van der Waals surface area contributed by atoms with Crippen molar-refractivity contribution in [3.63, 3.8) is 0 Å². The van der Waals surface area contributed by atoms with E-state index in [2.05, 4.69) is 0 Å². The Bertz CT molecular complexity index is 345. The zero-order valence-corrected chi connectivity index (χ0v) is 10.2. The minimum Gasteiger partial charge on any atom is -0.390 e. The summed E-state index contributed by atoms with van der Waals surface area (Å²) in [6.07, 6.45) is -0.587. The standard InChI is InChI=1S/C11H14Cl2O2/c1-11(2,15)9(14)6-7-4-3-5-8(12)10(7)13/h3-5,9,14-15H,6H2,1-2H3. The minimum absolute atomic E-state index is 0.281. The van der Waals surface area contributed by atoms with E-state index in [4.69, 9.17) is 23.2 Å². The zero-order valence-electron chi connectivity index (χ0n) is 8.67. The minimum atomic E-state index is -1.15. The van der Waals surface area contributed by atoms with Crippen molar-refractivity contribution in [2.24, 2.45) is 0 Å². The summed E-state index contributed by atoms with van der Waals surface area (Å²) in [7, 11) is 0. The third kappa shape index (κ3) is 3.35. The molecule has 1 aromatic rings. The fourth-order valence-corrected chi connectivity index (χ4v) is 1.56. The van der Waals surface area contributed by atoms with E-state index in [1.165, 1.54) is 0 Å². The van der Waals surface area contributed by atoms with Crippen molar-refractivity contribution in [3.05, 3.63) is 33.8 Å². The maximum absolute atomic E-state index is 9.70. The Morgan fingerprint density at radius 3 is 2.47 bits per heavy atom. The first-order valence-electron chi connectivity index (χ1n) is 4.65. The first kappa shape index (κ1) is 12.8. The van der Waals surface area contributed by atoms with Crippen LogP contribution in [0.3, 0.4) is 0 Å². The second-order valence-corrected chi connectivity index (χ2v) is 4.87. The highest BCUT2D eigenvalue weighted by Crippen LogP contribution is 2.27. The molecule has 4 heteroatoms. The molecule has 1 unspecified atom stereocenters. The van der Waals surface area contributed by atoms with E-state index < -0.39 is 11.7 Å². The van der Waals surface area contributed by atoms with Crippen LogP contribution < -0.4 is 0 Å². The Balaban J connectivity index is 2.86. The molecular weight excluding hydrogens is 235 g/mol. The lowest BCUT2D eigenvalue weighted by Crippen LogP contribution is -2.37. The van der Waals surface area contributed by atoms with Gasteiger partial charge in [0.1, 0.15) is 0 Å². The van der Waals surface area contributed by atoms with Crippen LogP contribution in [0.4, 0.5) is 0 Å². The van der Waals surface area contributed by atoms with Gasteiger partial charge in [0.15, 0.2) is 0 Å². The van der Waals surface area contributed by atoms with E-state index in [0.29, 0.717) is 10.0 Å². The number of aliphatic hydroxyl groups is 2. The van der Waals surface area contributed by atoms with E-state index in [1.807, 2.05) is 0 Å². The first-order valence-corrected chi connectivity index (χ1v) is 5.41. The van der Waals surface area contributed by atoms with E-state index in [0.717, 1.165) is 5.56 Å². The fraction of sp³-hybridized carbons (Fsp3) is 0.455. The van der Waals surface area contributed by atoms with E-state index in [1.54, 1.807) is 32.0 Å². The van der Waals surface area contributed by atoms with Crippen molar-refractivity contribution < 1.29 is 10.2 Å². The largest absolute Gasteiger partial charge is 0.390 e. The molecule has 0 aliphatic carbocycles. The molecule has 15 heavy (non-hydrogen) atoms. The maximum atomic E-state index is 9.70. The third-order valence-electron chi connectivity index (χ3n) is 2.26. The van der Waals surface area contributed by atoms with Crippen molar-refractivity contribution in [3.8, 4) is 0 Å². The van der Waals surface area contributed by atoms with Crippen LogP contribution in [0, 0.1) is 0 Å². The van der Waals surface area contributed by atoms with Gasteiger partial charge in [-0.1, -0.05) is 35.3 Å². The highest BCUT2D eigenvalue weighted by Gasteiger charge is 2.25. The Labute approximate surface area is 99.5 Å². The van der Waals surface area contributed by atoms with Gasteiger partial charge < -0.3 is 10.2 Å². The van der Waals surface area contributed by atoms with Crippen LogP contribution in [0.5, 0.6) is 0 Å². The Morgan fingerprint density at radius 1 is 1.33 bits per heavy atom. The molecule has 84 valence electrons. The molecular formula is C11H14Cl2O2. The van der Waals surface area contributed by atoms with Crippen LogP contribution in [0.15, 0.2) is 18.2 Å². The molecule has 2 nitrogen and oxygen atoms in total. The molecule has 0 fully saturated rings. The van der Waals surface area contributed by atoms with Gasteiger partial charge in [0.05, 0.1) is 21.8 Å².